The maximum absolute atomic E-state index is 13.2. The quantitative estimate of drug-likeness (QED) is 0.749. The smallest absolute Gasteiger partial charge is 0.156 e. The number of benzene rings is 1. The van der Waals surface area contributed by atoms with Crippen molar-refractivity contribution in [2.24, 2.45) is 0 Å². The van der Waals surface area contributed by atoms with Crippen LogP contribution >= 0.6 is 27.5 Å². The van der Waals surface area contributed by atoms with Crippen molar-refractivity contribution in [3.05, 3.63) is 33.0 Å². The number of carbonyl (C=O) groups excluding carboxylic acids is 1. The first-order chi connectivity index (χ1) is 6.02. The number of carbonyl (C=O) groups is 1. The van der Waals surface area contributed by atoms with Crippen molar-refractivity contribution in [2.75, 3.05) is 0 Å². The summed E-state index contributed by atoms with van der Waals surface area (Å²) in [5, 5.41) is 0.0548. The molecule has 0 aliphatic carbocycles. The van der Waals surface area contributed by atoms with Crippen LogP contribution in [0.15, 0.2) is 16.6 Å². The lowest BCUT2D eigenvalue weighted by molar-refractivity contribution is -0.116. The Morgan fingerprint density at radius 1 is 1.62 bits per heavy atom. The van der Waals surface area contributed by atoms with E-state index in [0.717, 1.165) is 0 Å². The van der Waals surface area contributed by atoms with Crippen LogP contribution in [-0.2, 0) is 11.2 Å². The summed E-state index contributed by atoms with van der Waals surface area (Å²) in [6, 6.07) is 3.08. The second kappa shape index (κ2) is 4.20. The Kier molecular flexibility index (Phi) is 3.45. The first-order valence-corrected chi connectivity index (χ1v) is 4.81. The minimum absolute atomic E-state index is 0.0116. The molecule has 13 heavy (non-hydrogen) atoms. The predicted molar refractivity (Wildman–Crippen MR) is 53.5 cm³/mol. The van der Waals surface area contributed by atoms with Crippen LogP contribution in [0.1, 0.15) is 12.5 Å². The summed E-state index contributed by atoms with van der Waals surface area (Å²) < 4.78 is 13.4. The van der Waals surface area contributed by atoms with Crippen LogP contribution in [0.4, 0.5) is 4.39 Å². The Hall–Kier alpha value is -0.410. The third-order valence-corrected chi connectivity index (χ3v) is 2.70. The van der Waals surface area contributed by atoms with Gasteiger partial charge < -0.3 is 0 Å². The molecule has 0 heterocycles. The average molecular weight is 266 g/mol. The second-order valence-electron chi connectivity index (χ2n) is 2.71. The van der Waals surface area contributed by atoms with Gasteiger partial charge in [-0.2, -0.15) is 0 Å². The number of Topliss-reactive ketones (excluding diaryl/α,β-unsaturated/α-hetero) is 1. The van der Waals surface area contributed by atoms with E-state index in [1.807, 2.05) is 0 Å². The molecule has 0 unspecified atom stereocenters. The van der Waals surface area contributed by atoms with E-state index in [2.05, 4.69) is 15.9 Å². The van der Waals surface area contributed by atoms with E-state index in [-0.39, 0.29) is 21.7 Å². The van der Waals surface area contributed by atoms with Gasteiger partial charge in [-0.1, -0.05) is 17.7 Å². The number of rotatable bonds is 2. The molecule has 0 aromatic heterocycles. The van der Waals surface area contributed by atoms with Gasteiger partial charge in [-0.25, -0.2) is 4.39 Å². The fraction of sp³-hybridized carbons (Fsp3) is 0.222. The molecule has 1 rings (SSSR count). The van der Waals surface area contributed by atoms with Gasteiger partial charge in [-0.3, -0.25) is 4.79 Å². The molecule has 0 saturated carbocycles. The molecule has 0 bridgehead atoms. The number of halogens is 3. The van der Waals surface area contributed by atoms with Crippen LogP contribution in [-0.4, -0.2) is 5.78 Å². The third kappa shape index (κ3) is 2.51. The monoisotopic (exact) mass is 264 g/mol. The van der Waals surface area contributed by atoms with E-state index < -0.39 is 5.82 Å². The maximum Gasteiger partial charge on any atom is 0.156 e. The Morgan fingerprint density at radius 3 is 2.77 bits per heavy atom. The van der Waals surface area contributed by atoms with Gasteiger partial charge in [0.15, 0.2) is 5.82 Å². The number of ketones is 1. The minimum atomic E-state index is -0.514. The maximum atomic E-state index is 13.2. The Balaban J connectivity index is 3.10. The highest BCUT2D eigenvalue weighted by molar-refractivity contribution is 9.10. The molecule has 0 saturated heterocycles. The summed E-state index contributed by atoms with van der Waals surface area (Å²) in [4.78, 5) is 10.8. The van der Waals surface area contributed by atoms with Crippen molar-refractivity contribution in [2.45, 2.75) is 13.3 Å². The van der Waals surface area contributed by atoms with Crippen LogP contribution in [0.25, 0.3) is 0 Å². The Bertz CT molecular complexity index is 352. The topological polar surface area (TPSA) is 17.1 Å². The van der Waals surface area contributed by atoms with Crippen molar-refractivity contribution >= 4 is 33.3 Å². The van der Waals surface area contributed by atoms with Gasteiger partial charge >= 0.3 is 0 Å². The van der Waals surface area contributed by atoms with Crippen LogP contribution < -0.4 is 0 Å². The van der Waals surface area contributed by atoms with E-state index in [1.54, 1.807) is 6.07 Å². The van der Waals surface area contributed by atoms with E-state index in [1.165, 1.54) is 13.0 Å². The van der Waals surface area contributed by atoms with Crippen molar-refractivity contribution in [3.63, 3.8) is 0 Å². The molecule has 1 nitrogen and oxygen atoms in total. The van der Waals surface area contributed by atoms with Gasteiger partial charge in [0.05, 0.1) is 9.50 Å². The van der Waals surface area contributed by atoms with Gasteiger partial charge in [-0.15, -0.1) is 0 Å². The third-order valence-electron chi connectivity index (χ3n) is 1.55. The summed E-state index contributed by atoms with van der Waals surface area (Å²) in [5.74, 6) is -0.525. The molecule has 1 aromatic rings. The van der Waals surface area contributed by atoms with Gasteiger partial charge in [-0.05, 0) is 34.5 Å². The van der Waals surface area contributed by atoms with Crippen LogP contribution in [0, 0.1) is 5.82 Å². The summed E-state index contributed by atoms with van der Waals surface area (Å²) in [5.41, 5.74) is 0.620. The zero-order chi connectivity index (χ0) is 10.0. The summed E-state index contributed by atoms with van der Waals surface area (Å²) in [6.07, 6.45) is 0.217. The highest BCUT2D eigenvalue weighted by Crippen LogP contribution is 2.27. The molecule has 0 amide bonds. The van der Waals surface area contributed by atoms with Gasteiger partial charge in [0, 0.05) is 6.42 Å². The average Bonchev–Trinajstić information content (AvgIpc) is 2.06. The molecular formula is C9H7BrClFO. The van der Waals surface area contributed by atoms with E-state index >= 15 is 0 Å². The lowest BCUT2D eigenvalue weighted by atomic mass is 10.1. The first-order valence-electron chi connectivity index (χ1n) is 3.64. The minimum Gasteiger partial charge on any atom is -0.300 e. The molecule has 0 aliphatic rings. The summed E-state index contributed by atoms with van der Waals surface area (Å²) in [7, 11) is 0. The zero-order valence-corrected chi connectivity index (χ0v) is 9.25. The van der Waals surface area contributed by atoms with E-state index in [4.69, 9.17) is 11.6 Å². The van der Waals surface area contributed by atoms with Gasteiger partial charge in [0.25, 0.3) is 0 Å². The van der Waals surface area contributed by atoms with Gasteiger partial charge in [0.2, 0.25) is 0 Å². The van der Waals surface area contributed by atoms with Crippen molar-refractivity contribution < 1.29 is 9.18 Å². The molecule has 0 aliphatic heterocycles. The van der Waals surface area contributed by atoms with Gasteiger partial charge in [0.1, 0.15) is 5.78 Å². The molecule has 0 spiro atoms. The van der Waals surface area contributed by atoms with E-state index in [0.29, 0.717) is 5.56 Å². The molecule has 1 aromatic carbocycles. The lowest BCUT2D eigenvalue weighted by Gasteiger charge is -2.03. The highest BCUT2D eigenvalue weighted by Gasteiger charge is 2.10. The largest absolute Gasteiger partial charge is 0.300 e. The molecular weight excluding hydrogens is 258 g/mol. The molecule has 70 valence electrons. The standard InChI is InChI=1S/C9H7BrClFO/c1-5(13)4-6-2-3-7(11)9(12)8(6)10/h2-3H,4H2,1H3. The second-order valence-corrected chi connectivity index (χ2v) is 3.91. The molecule has 0 fully saturated rings. The fourth-order valence-corrected chi connectivity index (χ4v) is 1.73. The fourth-order valence-electron chi connectivity index (χ4n) is 0.971. The van der Waals surface area contributed by atoms with Crippen LogP contribution in [0.5, 0.6) is 0 Å². The normalized spacial score (nSPS) is 10.2. The SMILES string of the molecule is CC(=O)Cc1ccc(Cl)c(F)c1Br. The number of hydrogen-bond donors (Lipinski definition) is 0. The Morgan fingerprint density at radius 2 is 2.23 bits per heavy atom. The van der Waals surface area contributed by atoms with Crippen LogP contribution in [0.3, 0.4) is 0 Å². The highest BCUT2D eigenvalue weighted by atomic mass is 79.9. The molecule has 0 N–H and O–H groups in total. The summed E-state index contributed by atoms with van der Waals surface area (Å²) in [6.45, 7) is 1.46. The Labute approximate surface area is 89.0 Å². The predicted octanol–water partition coefficient (Wildman–Crippen LogP) is 3.37. The number of hydrogen-bond acceptors (Lipinski definition) is 1. The molecule has 0 radical (unpaired) electrons. The first kappa shape index (κ1) is 10.7. The van der Waals surface area contributed by atoms with Crippen molar-refractivity contribution in [3.8, 4) is 0 Å². The van der Waals surface area contributed by atoms with Crippen LogP contribution in [0.2, 0.25) is 5.02 Å². The zero-order valence-electron chi connectivity index (χ0n) is 6.90. The molecule has 4 heteroatoms. The van der Waals surface area contributed by atoms with Crippen molar-refractivity contribution in [1.82, 2.24) is 0 Å². The van der Waals surface area contributed by atoms with Crippen molar-refractivity contribution in [1.29, 1.82) is 0 Å². The summed E-state index contributed by atoms with van der Waals surface area (Å²) >= 11 is 8.58. The van der Waals surface area contributed by atoms with E-state index in [9.17, 15) is 9.18 Å². The molecule has 0 atom stereocenters. The lowest BCUT2D eigenvalue weighted by Crippen LogP contribution is -1.98.